The van der Waals surface area contributed by atoms with Gasteiger partial charge < -0.3 is 5.32 Å². The molecule has 0 aromatic heterocycles. The normalized spacial score (nSPS) is 23.8. The van der Waals surface area contributed by atoms with Gasteiger partial charge in [-0.15, -0.1) is 0 Å². The first-order chi connectivity index (χ1) is 15.7. The van der Waals surface area contributed by atoms with Gasteiger partial charge >= 0.3 is 18.0 Å². The molecule has 1 saturated heterocycles. The molecular formula is C22H19F7INO2S. The van der Waals surface area contributed by atoms with Crippen LogP contribution in [0.25, 0.3) is 0 Å². The van der Waals surface area contributed by atoms with E-state index in [9.17, 15) is 39.2 Å². The average Bonchev–Trinajstić information content (AvgIpc) is 2.76. The number of piperidine rings is 1. The molecule has 4 rings (SSSR count). The van der Waals surface area contributed by atoms with Crippen molar-refractivity contribution in [2.24, 2.45) is 0 Å². The Labute approximate surface area is 205 Å². The summed E-state index contributed by atoms with van der Waals surface area (Å²) in [5, 5.41) is 3.17. The number of sulfone groups is 1. The van der Waals surface area contributed by atoms with Gasteiger partial charge in [-0.3, -0.25) is 0 Å². The van der Waals surface area contributed by atoms with Crippen molar-refractivity contribution in [3.05, 3.63) is 62.7 Å². The number of hydrogen-bond acceptors (Lipinski definition) is 3. The SMILES string of the molecule is O=S(=O)(c1ccc(I)cc1)C12CCCNC1CCc1cc(C(F)(C(F)(F)F)C(F)(F)F)ccc12. The van der Waals surface area contributed by atoms with E-state index in [1.807, 2.05) is 22.6 Å². The number of fused-ring (bicyclic) bond motifs is 3. The van der Waals surface area contributed by atoms with Gasteiger partial charge in [-0.2, -0.15) is 26.3 Å². The minimum absolute atomic E-state index is 0.00367. The van der Waals surface area contributed by atoms with Gasteiger partial charge in [0.05, 0.1) is 4.90 Å². The predicted molar refractivity (Wildman–Crippen MR) is 119 cm³/mol. The van der Waals surface area contributed by atoms with E-state index >= 15 is 0 Å². The number of hydrogen-bond donors (Lipinski definition) is 1. The van der Waals surface area contributed by atoms with E-state index in [-0.39, 0.29) is 35.3 Å². The van der Waals surface area contributed by atoms with Gasteiger partial charge in [-0.05, 0) is 90.2 Å². The van der Waals surface area contributed by atoms with Gasteiger partial charge in [0.1, 0.15) is 4.75 Å². The quantitative estimate of drug-likeness (QED) is 0.341. The van der Waals surface area contributed by atoms with Gasteiger partial charge in [0, 0.05) is 15.2 Å². The molecule has 0 amide bonds. The molecule has 0 radical (unpaired) electrons. The van der Waals surface area contributed by atoms with E-state index in [1.165, 1.54) is 12.1 Å². The lowest BCUT2D eigenvalue weighted by molar-refractivity contribution is -0.348. The summed E-state index contributed by atoms with van der Waals surface area (Å²) in [6.07, 6.45) is -11.7. The van der Waals surface area contributed by atoms with Crippen LogP contribution in [-0.2, 0) is 26.7 Å². The van der Waals surface area contributed by atoms with Crippen molar-refractivity contribution < 1.29 is 39.2 Å². The maximum atomic E-state index is 14.7. The fourth-order valence-corrected chi connectivity index (χ4v) is 7.88. The van der Waals surface area contributed by atoms with Crippen LogP contribution >= 0.6 is 22.6 Å². The molecule has 1 heterocycles. The van der Waals surface area contributed by atoms with Crippen LogP contribution in [0.3, 0.4) is 0 Å². The summed E-state index contributed by atoms with van der Waals surface area (Å²) in [5.41, 5.74) is -7.08. The lowest BCUT2D eigenvalue weighted by Crippen LogP contribution is -2.59. The van der Waals surface area contributed by atoms with Crippen molar-refractivity contribution >= 4 is 32.4 Å². The molecule has 2 aromatic rings. The summed E-state index contributed by atoms with van der Waals surface area (Å²) >= 11 is 2.01. The highest BCUT2D eigenvalue weighted by Gasteiger charge is 2.73. The maximum absolute atomic E-state index is 14.7. The molecule has 1 fully saturated rings. The molecule has 1 aliphatic heterocycles. The fraction of sp³-hybridized carbons (Fsp3) is 0.455. The van der Waals surface area contributed by atoms with Crippen LogP contribution in [0, 0.1) is 3.57 Å². The van der Waals surface area contributed by atoms with Gasteiger partial charge in [-0.1, -0.05) is 18.2 Å². The summed E-state index contributed by atoms with van der Waals surface area (Å²) in [4.78, 5) is 0.00367. The summed E-state index contributed by atoms with van der Waals surface area (Å²) < 4.78 is 122. The lowest BCUT2D eigenvalue weighted by atomic mass is 9.73. The number of aryl methyl sites for hydroxylation is 1. The smallest absolute Gasteiger partial charge is 0.312 e. The van der Waals surface area contributed by atoms with E-state index in [1.54, 1.807) is 12.1 Å². The second-order valence-corrected chi connectivity index (χ2v) is 12.0. The molecule has 0 spiro atoms. The summed E-state index contributed by atoms with van der Waals surface area (Å²) in [5.74, 6) is 0. The highest BCUT2D eigenvalue weighted by molar-refractivity contribution is 14.1. The summed E-state index contributed by atoms with van der Waals surface area (Å²) in [7, 11) is -4.12. The Morgan fingerprint density at radius 3 is 2.15 bits per heavy atom. The maximum Gasteiger partial charge on any atom is 0.435 e. The van der Waals surface area contributed by atoms with Crippen LogP contribution in [0.5, 0.6) is 0 Å². The molecule has 2 unspecified atom stereocenters. The van der Waals surface area contributed by atoms with Crippen molar-refractivity contribution in [3.63, 3.8) is 0 Å². The van der Waals surface area contributed by atoms with Crippen LogP contribution < -0.4 is 5.32 Å². The molecule has 2 aromatic carbocycles. The van der Waals surface area contributed by atoms with E-state index in [0.717, 1.165) is 9.64 Å². The van der Waals surface area contributed by atoms with E-state index in [4.69, 9.17) is 0 Å². The molecule has 186 valence electrons. The summed E-state index contributed by atoms with van der Waals surface area (Å²) in [6.45, 7) is 0.526. The van der Waals surface area contributed by atoms with Crippen molar-refractivity contribution in [2.45, 2.75) is 59.4 Å². The van der Waals surface area contributed by atoms with Crippen LogP contribution in [0.1, 0.15) is 36.0 Å². The molecule has 0 bridgehead atoms. The van der Waals surface area contributed by atoms with Crippen LogP contribution in [0.15, 0.2) is 47.4 Å². The minimum Gasteiger partial charge on any atom is -0.312 e. The number of alkyl halides is 7. The lowest BCUT2D eigenvalue weighted by Gasteiger charge is -2.48. The third kappa shape index (κ3) is 3.66. The molecule has 2 aliphatic rings. The molecule has 34 heavy (non-hydrogen) atoms. The first-order valence-corrected chi connectivity index (χ1v) is 12.9. The molecular weight excluding hydrogens is 602 g/mol. The van der Waals surface area contributed by atoms with Crippen molar-refractivity contribution in [1.82, 2.24) is 5.32 Å². The van der Waals surface area contributed by atoms with Crippen LogP contribution in [0.2, 0.25) is 0 Å². The zero-order chi connectivity index (χ0) is 25.2. The standard InChI is InChI=1S/C22H19F7INO2S/c23-20(21(24,25)26,22(27,28)29)14-3-8-17-13(12-14)2-9-18-19(17,10-1-11-31-18)34(32,33)16-6-4-15(30)5-7-16/h3-8,12,18,31H,1-2,9-11H2. The molecule has 3 nitrogen and oxygen atoms in total. The molecule has 1 aliphatic carbocycles. The van der Waals surface area contributed by atoms with Gasteiger partial charge in [0.15, 0.2) is 9.84 Å². The zero-order valence-electron chi connectivity index (χ0n) is 17.4. The topological polar surface area (TPSA) is 46.2 Å². The first kappa shape index (κ1) is 25.7. The van der Waals surface area contributed by atoms with E-state index < -0.39 is 44.2 Å². The second kappa shape index (κ2) is 8.32. The Balaban J connectivity index is 1.94. The van der Waals surface area contributed by atoms with Crippen LogP contribution in [0.4, 0.5) is 30.7 Å². The highest BCUT2D eigenvalue weighted by atomic mass is 127. The number of halogens is 8. The molecule has 2 atom stereocenters. The first-order valence-electron chi connectivity index (χ1n) is 10.4. The van der Waals surface area contributed by atoms with Crippen molar-refractivity contribution in [1.29, 1.82) is 0 Å². The average molecular weight is 621 g/mol. The monoisotopic (exact) mass is 621 g/mol. The van der Waals surface area contributed by atoms with Crippen molar-refractivity contribution in [3.8, 4) is 0 Å². The Bertz CT molecular complexity index is 1180. The van der Waals surface area contributed by atoms with Crippen LogP contribution in [-0.4, -0.2) is 33.4 Å². The number of nitrogens with one attached hydrogen (secondary N) is 1. The van der Waals surface area contributed by atoms with E-state index in [0.29, 0.717) is 25.1 Å². The second-order valence-electron chi connectivity index (χ2n) is 8.52. The van der Waals surface area contributed by atoms with Gasteiger partial charge in [0.25, 0.3) is 0 Å². The third-order valence-electron chi connectivity index (χ3n) is 6.72. The molecule has 1 N–H and O–H groups in total. The fourth-order valence-electron chi connectivity index (χ4n) is 5.13. The predicted octanol–water partition coefficient (Wildman–Crippen LogP) is 5.95. The Hall–Kier alpha value is -1.41. The molecule has 12 heteroatoms. The summed E-state index contributed by atoms with van der Waals surface area (Å²) in [6, 6.07) is 7.36. The minimum atomic E-state index is -6.24. The van der Waals surface area contributed by atoms with E-state index in [2.05, 4.69) is 5.32 Å². The third-order valence-corrected chi connectivity index (χ3v) is 10.0. The molecule has 0 saturated carbocycles. The van der Waals surface area contributed by atoms with Gasteiger partial charge in [0.2, 0.25) is 0 Å². The number of rotatable bonds is 3. The Kier molecular flexibility index (Phi) is 6.29. The highest BCUT2D eigenvalue weighted by Crippen LogP contribution is 2.55. The number of benzene rings is 2. The Morgan fingerprint density at radius 2 is 1.56 bits per heavy atom. The largest absolute Gasteiger partial charge is 0.435 e. The Morgan fingerprint density at radius 1 is 0.941 bits per heavy atom. The van der Waals surface area contributed by atoms with Crippen molar-refractivity contribution in [2.75, 3.05) is 6.54 Å². The van der Waals surface area contributed by atoms with Gasteiger partial charge in [-0.25, -0.2) is 12.8 Å². The zero-order valence-corrected chi connectivity index (χ0v) is 20.4.